The van der Waals surface area contributed by atoms with Crippen LogP contribution in [0.25, 0.3) is 0 Å². The zero-order valence-corrected chi connectivity index (χ0v) is 17.3. The molecule has 1 aliphatic rings. The topological polar surface area (TPSA) is 57.9 Å². The Bertz CT molecular complexity index is 870. The van der Waals surface area contributed by atoms with Gasteiger partial charge in [0.25, 0.3) is 5.56 Å². The lowest BCUT2D eigenvalue weighted by Crippen LogP contribution is -2.48. The van der Waals surface area contributed by atoms with Crippen molar-refractivity contribution in [3.63, 3.8) is 0 Å². The summed E-state index contributed by atoms with van der Waals surface area (Å²) in [5, 5.41) is 10.8. The molecule has 1 aromatic carbocycles. The number of ether oxygens (including phenoxy) is 1. The van der Waals surface area contributed by atoms with E-state index in [1.165, 1.54) is 0 Å². The third-order valence-electron chi connectivity index (χ3n) is 5.74. The summed E-state index contributed by atoms with van der Waals surface area (Å²) in [6, 6.07) is 9.21. The first-order chi connectivity index (χ1) is 13.5. The molecule has 1 aliphatic heterocycles. The number of rotatable bonds is 6. The molecule has 1 fully saturated rings. The fourth-order valence-electron chi connectivity index (χ4n) is 4.13. The van der Waals surface area contributed by atoms with E-state index < -0.39 is 0 Å². The van der Waals surface area contributed by atoms with Crippen molar-refractivity contribution >= 4 is 0 Å². The molecular formula is C22H31N3O3. The average Bonchev–Trinajstić information content (AvgIpc) is 2.71. The second-order valence-electron chi connectivity index (χ2n) is 7.28. The third-order valence-corrected chi connectivity index (χ3v) is 5.74. The van der Waals surface area contributed by atoms with Crippen molar-refractivity contribution in [1.29, 1.82) is 0 Å². The molecule has 1 unspecified atom stereocenters. The summed E-state index contributed by atoms with van der Waals surface area (Å²) in [6.07, 6.45) is 0. The minimum absolute atomic E-state index is 0.0675. The van der Waals surface area contributed by atoms with Gasteiger partial charge < -0.3 is 19.3 Å². The number of nitrogens with zero attached hydrogens (tertiary/aromatic N) is 3. The molecule has 1 atom stereocenters. The number of aromatic hydroxyl groups is 1. The molecule has 1 saturated heterocycles. The zero-order valence-electron chi connectivity index (χ0n) is 17.3. The SMILES string of the molecule is CCN1CCN(C(c2cccc(OC)c2)c2c(O)cc(C)n(CC)c2=O)CC1. The van der Waals surface area contributed by atoms with E-state index in [0.717, 1.165) is 49.7 Å². The lowest BCUT2D eigenvalue weighted by Gasteiger charge is -2.39. The minimum atomic E-state index is -0.306. The van der Waals surface area contributed by atoms with E-state index in [9.17, 15) is 9.90 Å². The van der Waals surface area contributed by atoms with Crippen molar-refractivity contribution in [2.24, 2.45) is 0 Å². The highest BCUT2D eigenvalue weighted by molar-refractivity contribution is 5.43. The fourth-order valence-corrected chi connectivity index (χ4v) is 4.13. The molecule has 0 spiro atoms. The highest BCUT2D eigenvalue weighted by atomic mass is 16.5. The largest absolute Gasteiger partial charge is 0.507 e. The zero-order chi connectivity index (χ0) is 20.3. The highest BCUT2D eigenvalue weighted by Crippen LogP contribution is 2.34. The number of hydrogen-bond acceptors (Lipinski definition) is 5. The molecule has 0 aliphatic carbocycles. The van der Waals surface area contributed by atoms with Crippen LogP contribution in [0, 0.1) is 6.92 Å². The van der Waals surface area contributed by atoms with Crippen LogP contribution in [0.15, 0.2) is 35.1 Å². The average molecular weight is 386 g/mol. The van der Waals surface area contributed by atoms with Gasteiger partial charge in [0.05, 0.1) is 18.7 Å². The van der Waals surface area contributed by atoms with Crippen LogP contribution in [0.1, 0.15) is 36.7 Å². The standard InChI is InChI=1S/C22H31N3O3/c1-5-23-10-12-24(13-11-23)21(17-8-7-9-18(15-17)28-4)20-19(26)14-16(3)25(6-2)22(20)27/h7-9,14-15,21,26H,5-6,10-13H2,1-4H3. The Balaban J connectivity index is 2.13. The number of benzene rings is 1. The maximum Gasteiger partial charge on any atom is 0.259 e. The Morgan fingerprint density at radius 3 is 2.43 bits per heavy atom. The Labute approximate surface area is 167 Å². The summed E-state index contributed by atoms with van der Waals surface area (Å²) in [7, 11) is 1.64. The maximum absolute atomic E-state index is 13.3. The second kappa shape index (κ2) is 8.80. The van der Waals surface area contributed by atoms with Gasteiger partial charge in [0.1, 0.15) is 11.5 Å². The molecule has 2 aromatic rings. The lowest BCUT2D eigenvalue weighted by molar-refractivity contribution is 0.111. The molecule has 152 valence electrons. The van der Waals surface area contributed by atoms with Gasteiger partial charge in [-0.2, -0.15) is 0 Å². The molecular weight excluding hydrogens is 354 g/mol. The van der Waals surface area contributed by atoms with Crippen molar-refractivity contribution in [2.45, 2.75) is 33.4 Å². The first-order valence-corrected chi connectivity index (χ1v) is 10.0. The molecule has 2 heterocycles. The predicted molar refractivity (Wildman–Crippen MR) is 111 cm³/mol. The lowest BCUT2D eigenvalue weighted by atomic mass is 9.95. The molecule has 0 radical (unpaired) electrons. The molecule has 28 heavy (non-hydrogen) atoms. The van der Waals surface area contributed by atoms with Crippen LogP contribution in [0.4, 0.5) is 0 Å². The quantitative estimate of drug-likeness (QED) is 0.828. The number of piperazine rings is 1. The number of aromatic nitrogens is 1. The first-order valence-electron chi connectivity index (χ1n) is 10.0. The van der Waals surface area contributed by atoms with E-state index >= 15 is 0 Å². The molecule has 1 N–H and O–H groups in total. The van der Waals surface area contributed by atoms with Crippen LogP contribution in [-0.2, 0) is 6.54 Å². The summed E-state index contributed by atoms with van der Waals surface area (Å²) in [5.41, 5.74) is 2.06. The highest BCUT2D eigenvalue weighted by Gasteiger charge is 2.31. The van der Waals surface area contributed by atoms with Gasteiger partial charge in [-0.3, -0.25) is 9.69 Å². The Morgan fingerprint density at radius 2 is 1.82 bits per heavy atom. The van der Waals surface area contributed by atoms with Crippen LogP contribution in [0.2, 0.25) is 0 Å². The number of likely N-dealkylation sites (N-methyl/N-ethyl adjacent to an activating group) is 1. The summed E-state index contributed by atoms with van der Waals surface area (Å²) < 4.78 is 7.14. The van der Waals surface area contributed by atoms with E-state index in [1.54, 1.807) is 17.7 Å². The molecule has 6 heteroatoms. The Kier molecular flexibility index (Phi) is 6.42. The van der Waals surface area contributed by atoms with Crippen LogP contribution in [-0.4, -0.2) is 59.3 Å². The smallest absolute Gasteiger partial charge is 0.259 e. The van der Waals surface area contributed by atoms with Crippen molar-refractivity contribution in [3.8, 4) is 11.5 Å². The van der Waals surface area contributed by atoms with E-state index in [0.29, 0.717) is 12.1 Å². The van der Waals surface area contributed by atoms with Gasteiger partial charge in [-0.25, -0.2) is 0 Å². The van der Waals surface area contributed by atoms with Gasteiger partial charge in [-0.15, -0.1) is 0 Å². The summed E-state index contributed by atoms with van der Waals surface area (Å²) in [6.45, 7) is 11.2. The number of pyridine rings is 1. The van der Waals surface area contributed by atoms with Crippen LogP contribution in [0.3, 0.4) is 0 Å². The van der Waals surface area contributed by atoms with Crippen molar-refractivity contribution in [1.82, 2.24) is 14.4 Å². The molecule has 0 bridgehead atoms. The van der Waals surface area contributed by atoms with Crippen molar-refractivity contribution in [2.75, 3.05) is 39.8 Å². The van der Waals surface area contributed by atoms with E-state index in [-0.39, 0.29) is 17.4 Å². The minimum Gasteiger partial charge on any atom is -0.507 e. The van der Waals surface area contributed by atoms with Crippen molar-refractivity contribution < 1.29 is 9.84 Å². The normalized spacial score (nSPS) is 16.9. The Hall–Kier alpha value is -2.31. The second-order valence-corrected chi connectivity index (χ2v) is 7.28. The fraction of sp³-hybridized carbons (Fsp3) is 0.500. The van der Waals surface area contributed by atoms with Gasteiger partial charge in [0.2, 0.25) is 0 Å². The van der Waals surface area contributed by atoms with Crippen LogP contribution < -0.4 is 10.3 Å². The molecule has 3 rings (SSSR count). The molecule has 0 amide bonds. The number of aryl methyl sites for hydroxylation is 1. The van der Waals surface area contributed by atoms with Gasteiger partial charge in [-0.1, -0.05) is 19.1 Å². The maximum atomic E-state index is 13.3. The summed E-state index contributed by atoms with van der Waals surface area (Å²) in [5.74, 6) is 0.815. The predicted octanol–water partition coefficient (Wildman–Crippen LogP) is 2.62. The van der Waals surface area contributed by atoms with Gasteiger partial charge >= 0.3 is 0 Å². The molecule has 6 nitrogen and oxygen atoms in total. The van der Waals surface area contributed by atoms with Crippen LogP contribution >= 0.6 is 0 Å². The molecule has 0 saturated carbocycles. The van der Waals surface area contributed by atoms with Crippen LogP contribution in [0.5, 0.6) is 11.5 Å². The van der Waals surface area contributed by atoms with Gasteiger partial charge in [-0.05, 0) is 44.2 Å². The number of methoxy groups -OCH3 is 1. The van der Waals surface area contributed by atoms with Gasteiger partial charge in [0, 0.05) is 38.4 Å². The molecule has 1 aromatic heterocycles. The third kappa shape index (κ3) is 3.93. The van der Waals surface area contributed by atoms with Gasteiger partial charge in [0.15, 0.2) is 0 Å². The summed E-state index contributed by atoms with van der Waals surface area (Å²) in [4.78, 5) is 18.0. The first kappa shape index (κ1) is 20.4. The van der Waals surface area contributed by atoms with E-state index in [1.807, 2.05) is 38.1 Å². The van der Waals surface area contributed by atoms with Crippen molar-refractivity contribution in [3.05, 3.63) is 57.5 Å². The van der Waals surface area contributed by atoms with E-state index in [2.05, 4.69) is 16.7 Å². The Morgan fingerprint density at radius 1 is 1.11 bits per heavy atom. The number of hydrogen-bond donors (Lipinski definition) is 1. The summed E-state index contributed by atoms with van der Waals surface area (Å²) >= 11 is 0. The van der Waals surface area contributed by atoms with E-state index in [4.69, 9.17) is 4.74 Å². The monoisotopic (exact) mass is 385 g/mol.